The van der Waals surface area contributed by atoms with Crippen molar-refractivity contribution in [2.45, 2.75) is 38.8 Å². The van der Waals surface area contributed by atoms with Gasteiger partial charge in [-0.3, -0.25) is 4.90 Å². The lowest BCUT2D eigenvalue weighted by Crippen LogP contribution is -2.59. The fraction of sp³-hybridized carbons (Fsp3) is 0.818. The van der Waals surface area contributed by atoms with Gasteiger partial charge in [-0.25, -0.2) is 0 Å². The van der Waals surface area contributed by atoms with Crippen LogP contribution in [0.3, 0.4) is 0 Å². The lowest BCUT2D eigenvalue weighted by atomic mass is 9.90. The van der Waals surface area contributed by atoms with Crippen LogP contribution in [0, 0.1) is 0 Å². The lowest BCUT2D eigenvalue weighted by Gasteiger charge is -2.42. The second-order valence-corrected chi connectivity index (χ2v) is 4.47. The summed E-state index contributed by atoms with van der Waals surface area (Å²) in [5.74, 6) is 0.781. The molecule has 1 aliphatic heterocycles. The minimum absolute atomic E-state index is 0.266. The molecule has 0 radical (unpaired) electrons. The van der Waals surface area contributed by atoms with Gasteiger partial charge in [0.05, 0.1) is 6.54 Å². The molecule has 2 heterocycles. The predicted molar refractivity (Wildman–Crippen MR) is 60.9 cm³/mol. The van der Waals surface area contributed by atoms with Crippen LogP contribution in [0.25, 0.3) is 0 Å². The van der Waals surface area contributed by atoms with Crippen molar-refractivity contribution < 1.29 is 4.52 Å². The fourth-order valence-corrected chi connectivity index (χ4v) is 2.36. The highest BCUT2D eigenvalue weighted by atomic mass is 16.5. The first-order chi connectivity index (χ1) is 7.78. The summed E-state index contributed by atoms with van der Waals surface area (Å²) in [4.78, 5) is 6.47. The van der Waals surface area contributed by atoms with E-state index < -0.39 is 0 Å². The minimum atomic E-state index is 0.266. The zero-order valence-corrected chi connectivity index (χ0v) is 10.1. The molecule has 0 aromatic carbocycles. The number of nitrogens with zero attached hydrogens (tertiary/aromatic N) is 3. The lowest BCUT2D eigenvalue weighted by molar-refractivity contribution is 0.115. The van der Waals surface area contributed by atoms with Crippen molar-refractivity contribution in [2.24, 2.45) is 0 Å². The Morgan fingerprint density at radius 2 is 2.31 bits per heavy atom. The first kappa shape index (κ1) is 11.5. The zero-order valence-electron chi connectivity index (χ0n) is 10.1. The molecular weight excluding hydrogens is 204 g/mol. The van der Waals surface area contributed by atoms with Gasteiger partial charge in [0.15, 0.2) is 5.82 Å². The Morgan fingerprint density at radius 3 is 2.94 bits per heavy atom. The molecule has 0 saturated carbocycles. The summed E-state index contributed by atoms with van der Waals surface area (Å²) in [5.41, 5.74) is 0.266. The molecule has 1 fully saturated rings. The molecule has 0 unspecified atom stereocenters. The van der Waals surface area contributed by atoms with Gasteiger partial charge < -0.3 is 9.84 Å². The molecule has 0 amide bonds. The standard InChI is InChI=1S/C11H20N4O/c1-3-11(4-2)8-15(6-5-13-11)7-10-12-9-16-14-10/h9,13H,3-8H2,1-2H3. The van der Waals surface area contributed by atoms with Crippen LogP contribution in [-0.2, 0) is 6.54 Å². The number of hydrogen-bond donors (Lipinski definition) is 1. The number of hydrogen-bond acceptors (Lipinski definition) is 5. The van der Waals surface area contributed by atoms with Crippen LogP contribution >= 0.6 is 0 Å². The average Bonchev–Trinajstić information content (AvgIpc) is 2.82. The van der Waals surface area contributed by atoms with E-state index in [1.54, 1.807) is 0 Å². The first-order valence-corrected chi connectivity index (χ1v) is 6.00. The molecule has 1 N–H and O–H groups in total. The summed E-state index contributed by atoms with van der Waals surface area (Å²) in [5, 5.41) is 7.50. The van der Waals surface area contributed by atoms with Crippen LogP contribution in [0.2, 0.25) is 0 Å². The normalized spacial score (nSPS) is 21.1. The smallest absolute Gasteiger partial charge is 0.213 e. The number of aromatic nitrogens is 2. The molecular formula is C11H20N4O. The summed E-state index contributed by atoms with van der Waals surface area (Å²) < 4.78 is 4.76. The summed E-state index contributed by atoms with van der Waals surface area (Å²) in [6, 6.07) is 0. The van der Waals surface area contributed by atoms with E-state index in [1.165, 1.54) is 6.39 Å². The van der Waals surface area contributed by atoms with E-state index in [0.717, 1.165) is 44.8 Å². The fourth-order valence-electron chi connectivity index (χ4n) is 2.36. The highest BCUT2D eigenvalue weighted by Gasteiger charge is 2.31. The largest absolute Gasteiger partial charge is 0.343 e. The quantitative estimate of drug-likeness (QED) is 0.828. The molecule has 5 heteroatoms. The van der Waals surface area contributed by atoms with Crippen molar-refractivity contribution in [3.8, 4) is 0 Å². The van der Waals surface area contributed by atoms with E-state index in [0.29, 0.717) is 0 Å². The van der Waals surface area contributed by atoms with E-state index in [1.807, 2.05) is 0 Å². The summed E-state index contributed by atoms with van der Waals surface area (Å²) in [6.07, 6.45) is 3.71. The van der Waals surface area contributed by atoms with Crippen molar-refractivity contribution in [2.75, 3.05) is 19.6 Å². The SMILES string of the molecule is CCC1(CC)CN(Cc2ncon2)CCN1. The first-order valence-electron chi connectivity index (χ1n) is 6.00. The third-order valence-electron chi connectivity index (χ3n) is 3.58. The maximum absolute atomic E-state index is 4.76. The van der Waals surface area contributed by atoms with E-state index >= 15 is 0 Å². The van der Waals surface area contributed by atoms with Crippen LogP contribution in [0.5, 0.6) is 0 Å². The molecule has 1 aromatic heterocycles. The van der Waals surface area contributed by atoms with Crippen molar-refractivity contribution in [3.05, 3.63) is 12.2 Å². The third kappa shape index (κ3) is 2.41. The van der Waals surface area contributed by atoms with Gasteiger partial charge in [-0.05, 0) is 12.8 Å². The van der Waals surface area contributed by atoms with Gasteiger partial charge in [0.25, 0.3) is 0 Å². The van der Waals surface area contributed by atoms with Gasteiger partial charge in [-0.1, -0.05) is 19.0 Å². The molecule has 5 nitrogen and oxygen atoms in total. The Bertz CT molecular complexity index is 308. The van der Waals surface area contributed by atoms with E-state index in [-0.39, 0.29) is 5.54 Å². The van der Waals surface area contributed by atoms with Crippen LogP contribution in [0.1, 0.15) is 32.5 Å². The molecule has 1 aliphatic rings. The van der Waals surface area contributed by atoms with Gasteiger partial charge in [0.1, 0.15) is 0 Å². The topological polar surface area (TPSA) is 54.2 Å². The predicted octanol–water partition coefficient (Wildman–Crippen LogP) is 1.03. The van der Waals surface area contributed by atoms with Gasteiger partial charge >= 0.3 is 0 Å². The second-order valence-electron chi connectivity index (χ2n) is 4.47. The van der Waals surface area contributed by atoms with E-state index in [2.05, 4.69) is 34.2 Å². The molecule has 0 aliphatic carbocycles. The van der Waals surface area contributed by atoms with Crippen LogP contribution in [0.15, 0.2) is 10.9 Å². The molecule has 2 rings (SSSR count). The molecule has 90 valence electrons. The van der Waals surface area contributed by atoms with E-state index in [9.17, 15) is 0 Å². The number of nitrogens with one attached hydrogen (secondary N) is 1. The summed E-state index contributed by atoms with van der Waals surface area (Å²) >= 11 is 0. The Kier molecular flexibility index (Phi) is 3.56. The van der Waals surface area contributed by atoms with Crippen molar-refractivity contribution >= 4 is 0 Å². The molecule has 0 atom stereocenters. The van der Waals surface area contributed by atoms with Crippen LogP contribution in [-0.4, -0.2) is 40.2 Å². The highest BCUT2D eigenvalue weighted by Crippen LogP contribution is 2.20. The van der Waals surface area contributed by atoms with Gasteiger partial charge in [0.2, 0.25) is 6.39 Å². The second kappa shape index (κ2) is 4.93. The van der Waals surface area contributed by atoms with Gasteiger partial charge in [0, 0.05) is 25.2 Å². The monoisotopic (exact) mass is 224 g/mol. The molecule has 1 aromatic rings. The third-order valence-corrected chi connectivity index (χ3v) is 3.58. The minimum Gasteiger partial charge on any atom is -0.343 e. The Hall–Kier alpha value is -0.940. The number of rotatable bonds is 4. The van der Waals surface area contributed by atoms with Gasteiger partial charge in [-0.15, -0.1) is 0 Å². The molecule has 16 heavy (non-hydrogen) atoms. The average molecular weight is 224 g/mol. The zero-order chi connectivity index (χ0) is 11.4. The highest BCUT2D eigenvalue weighted by molar-refractivity contribution is 4.94. The number of piperazine rings is 1. The van der Waals surface area contributed by atoms with Crippen LogP contribution < -0.4 is 5.32 Å². The van der Waals surface area contributed by atoms with E-state index in [4.69, 9.17) is 4.52 Å². The molecule has 1 saturated heterocycles. The molecule has 0 bridgehead atoms. The maximum Gasteiger partial charge on any atom is 0.213 e. The van der Waals surface area contributed by atoms with Crippen LogP contribution in [0.4, 0.5) is 0 Å². The Balaban J connectivity index is 1.96. The van der Waals surface area contributed by atoms with Gasteiger partial charge in [-0.2, -0.15) is 4.98 Å². The van der Waals surface area contributed by atoms with Crippen molar-refractivity contribution in [1.29, 1.82) is 0 Å². The Morgan fingerprint density at radius 1 is 1.50 bits per heavy atom. The summed E-state index contributed by atoms with van der Waals surface area (Å²) in [7, 11) is 0. The van der Waals surface area contributed by atoms with Crippen molar-refractivity contribution in [1.82, 2.24) is 20.4 Å². The molecule has 0 spiro atoms. The van der Waals surface area contributed by atoms with Crippen molar-refractivity contribution in [3.63, 3.8) is 0 Å². The summed E-state index contributed by atoms with van der Waals surface area (Å²) in [6.45, 7) is 8.44. The maximum atomic E-state index is 4.76. The Labute approximate surface area is 96.2 Å².